The molecule has 0 aliphatic rings. The lowest BCUT2D eigenvalue weighted by Gasteiger charge is -2.15. The van der Waals surface area contributed by atoms with E-state index in [0.29, 0.717) is 13.3 Å². The number of imidazole rings is 1. The molecule has 0 saturated heterocycles. The number of nitrogens with zero attached hydrogens (tertiary/aromatic N) is 2. The minimum Gasteiger partial charge on any atom is -0.463 e. The molecular formula is C15H26N2O3Si. The van der Waals surface area contributed by atoms with Crippen LogP contribution < -0.4 is 0 Å². The van der Waals surface area contributed by atoms with Crippen molar-refractivity contribution in [3.63, 3.8) is 0 Å². The van der Waals surface area contributed by atoms with Gasteiger partial charge < -0.3 is 14.0 Å². The summed E-state index contributed by atoms with van der Waals surface area (Å²) in [6, 6.07) is 1.15. The zero-order chi connectivity index (χ0) is 15.9. The van der Waals surface area contributed by atoms with Gasteiger partial charge in [-0.05, 0) is 25.5 Å². The summed E-state index contributed by atoms with van der Waals surface area (Å²) in [7, 11) is -1.04. The first-order valence-corrected chi connectivity index (χ1v) is 11.0. The van der Waals surface area contributed by atoms with Gasteiger partial charge in [0.2, 0.25) is 0 Å². The number of allylic oxidation sites excluding steroid dienone is 1. The van der Waals surface area contributed by atoms with Crippen molar-refractivity contribution in [2.45, 2.75) is 46.3 Å². The maximum atomic E-state index is 11.4. The van der Waals surface area contributed by atoms with Crippen molar-refractivity contribution in [2.24, 2.45) is 0 Å². The van der Waals surface area contributed by atoms with Crippen molar-refractivity contribution >= 4 is 19.6 Å². The first-order valence-electron chi connectivity index (χ1n) is 7.27. The van der Waals surface area contributed by atoms with Gasteiger partial charge in [0.05, 0.1) is 18.6 Å². The summed E-state index contributed by atoms with van der Waals surface area (Å²) in [6.07, 6.45) is 5.05. The predicted molar refractivity (Wildman–Crippen MR) is 86.6 cm³/mol. The standard InChI is InChI=1S/C15H26N2O3Si/c1-6-20-15(18)9-13(2)14-10-17(11-16-14)12-19-7-8-21(3,4)5/h9-11H,6-8,12H2,1-5H3/b13-9+. The number of ether oxygens (including phenoxy) is 2. The summed E-state index contributed by atoms with van der Waals surface area (Å²) in [4.78, 5) is 15.7. The van der Waals surface area contributed by atoms with Gasteiger partial charge in [0.1, 0.15) is 6.73 Å². The van der Waals surface area contributed by atoms with Gasteiger partial charge in [0, 0.05) is 27.0 Å². The molecule has 0 atom stereocenters. The minimum atomic E-state index is -1.04. The van der Waals surface area contributed by atoms with Crippen LogP contribution in [0.2, 0.25) is 25.7 Å². The Balaban J connectivity index is 2.47. The van der Waals surface area contributed by atoms with Gasteiger partial charge in [0.25, 0.3) is 0 Å². The average Bonchev–Trinajstić information content (AvgIpc) is 2.82. The summed E-state index contributed by atoms with van der Waals surface area (Å²) < 4.78 is 12.4. The van der Waals surface area contributed by atoms with Gasteiger partial charge in [-0.3, -0.25) is 0 Å². The number of hydrogen-bond donors (Lipinski definition) is 0. The average molecular weight is 310 g/mol. The Morgan fingerprint density at radius 3 is 2.76 bits per heavy atom. The number of carbonyl (C=O) groups excluding carboxylic acids is 1. The molecule has 1 aromatic heterocycles. The topological polar surface area (TPSA) is 53.4 Å². The number of carbonyl (C=O) groups is 1. The minimum absolute atomic E-state index is 0.337. The smallest absolute Gasteiger partial charge is 0.331 e. The Morgan fingerprint density at radius 1 is 1.43 bits per heavy atom. The molecule has 0 aliphatic carbocycles. The molecule has 1 rings (SSSR count). The van der Waals surface area contributed by atoms with Crippen molar-refractivity contribution < 1.29 is 14.3 Å². The zero-order valence-corrected chi connectivity index (χ0v) is 14.7. The predicted octanol–water partition coefficient (Wildman–Crippen LogP) is 3.16. The highest BCUT2D eigenvalue weighted by atomic mass is 28.3. The molecule has 0 unspecified atom stereocenters. The second kappa shape index (κ2) is 8.14. The number of esters is 1. The Hall–Kier alpha value is -1.40. The lowest BCUT2D eigenvalue weighted by molar-refractivity contribution is -0.137. The first-order chi connectivity index (χ1) is 9.81. The van der Waals surface area contributed by atoms with Crippen LogP contribution in [0.15, 0.2) is 18.6 Å². The third kappa shape index (κ3) is 7.24. The highest BCUT2D eigenvalue weighted by molar-refractivity contribution is 6.76. The molecule has 0 N–H and O–H groups in total. The molecule has 118 valence electrons. The highest BCUT2D eigenvalue weighted by Gasteiger charge is 2.12. The van der Waals surface area contributed by atoms with E-state index in [1.165, 1.54) is 6.08 Å². The molecule has 21 heavy (non-hydrogen) atoms. The molecule has 0 aromatic carbocycles. The second-order valence-electron chi connectivity index (χ2n) is 6.20. The molecule has 1 heterocycles. The van der Waals surface area contributed by atoms with Crippen molar-refractivity contribution in [1.29, 1.82) is 0 Å². The maximum absolute atomic E-state index is 11.4. The van der Waals surface area contributed by atoms with Crippen LogP contribution in [0, 0.1) is 0 Å². The Labute approximate surface area is 128 Å². The third-order valence-corrected chi connectivity index (χ3v) is 4.60. The molecule has 5 nitrogen and oxygen atoms in total. The Morgan fingerprint density at radius 2 is 2.14 bits per heavy atom. The van der Waals surface area contributed by atoms with Crippen LogP contribution in [-0.4, -0.2) is 36.8 Å². The largest absolute Gasteiger partial charge is 0.463 e. The lowest BCUT2D eigenvalue weighted by atomic mass is 10.2. The summed E-state index contributed by atoms with van der Waals surface area (Å²) in [6.45, 7) is 12.3. The normalized spacial score (nSPS) is 12.5. The third-order valence-electron chi connectivity index (χ3n) is 2.89. The maximum Gasteiger partial charge on any atom is 0.331 e. The van der Waals surface area contributed by atoms with E-state index in [1.54, 1.807) is 13.3 Å². The van der Waals surface area contributed by atoms with E-state index in [4.69, 9.17) is 9.47 Å². The van der Waals surface area contributed by atoms with E-state index in [1.807, 2.05) is 17.7 Å². The van der Waals surface area contributed by atoms with Gasteiger partial charge in [-0.2, -0.15) is 0 Å². The van der Waals surface area contributed by atoms with Gasteiger partial charge in [0.15, 0.2) is 0 Å². The summed E-state index contributed by atoms with van der Waals surface area (Å²) in [5.41, 5.74) is 1.55. The van der Waals surface area contributed by atoms with Crippen molar-refractivity contribution in [3.8, 4) is 0 Å². The SMILES string of the molecule is CCOC(=O)/C=C(\C)c1cn(COCC[Si](C)(C)C)cn1. The highest BCUT2D eigenvalue weighted by Crippen LogP contribution is 2.12. The van der Waals surface area contributed by atoms with E-state index in [2.05, 4.69) is 24.6 Å². The quantitative estimate of drug-likeness (QED) is 0.320. The van der Waals surface area contributed by atoms with Gasteiger partial charge in [-0.1, -0.05) is 19.6 Å². The van der Waals surface area contributed by atoms with Crippen molar-refractivity contribution in [2.75, 3.05) is 13.2 Å². The molecule has 0 saturated carbocycles. The number of rotatable bonds is 8. The number of hydrogen-bond acceptors (Lipinski definition) is 4. The van der Waals surface area contributed by atoms with E-state index < -0.39 is 8.07 Å². The van der Waals surface area contributed by atoms with E-state index >= 15 is 0 Å². The van der Waals surface area contributed by atoms with Crippen LogP contribution in [-0.2, 0) is 21.0 Å². The molecule has 0 fully saturated rings. The van der Waals surface area contributed by atoms with E-state index in [9.17, 15) is 4.79 Å². The molecule has 0 aliphatic heterocycles. The Bertz CT molecular complexity index is 489. The summed E-state index contributed by atoms with van der Waals surface area (Å²) in [5.74, 6) is -0.337. The van der Waals surface area contributed by atoms with Crippen LogP contribution in [0.25, 0.3) is 5.57 Å². The summed E-state index contributed by atoms with van der Waals surface area (Å²) in [5, 5.41) is 0. The molecule has 6 heteroatoms. The summed E-state index contributed by atoms with van der Waals surface area (Å²) >= 11 is 0. The zero-order valence-electron chi connectivity index (χ0n) is 13.7. The molecule has 0 radical (unpaired) electrons. The van der Waals surface area contributed by atoms with Gasteiger partial charge in [-0.25, -0.2) is 9.78 Å². The fourth-order valence-corrected chi connectivity index (χ4v) is 2.37. The van der Waals surface area contributed by atoms with E-state index in [0.717, 1.165) is 23.9 Å². The van der Waals surface area contributed by atoms with Gasteiger partial charge in [-0.15, -0.1) is 0 Å². The lowest BCUT2D eigenvalue weighted by Crippen LogP contribution is -2.21. The van der Waals surface area contributed by atoms with Crippen LogP contribution in [0.3, 0.4) is 0 Å². The van der Waals surface area contributed by atoms with Crippen molar-refractivity contribution in [3.05, 3.63) is 24.3 Å². The van der Waals surface area contributed by atoms with Crippen LogP contribution in [0.5, 0.6) is 0 Å². The molecule has 0 bridgehead atoms. The van der Waals surface area contributed by atoms with E-state index in [-0.39, 0.29) is 5.97 Å². The second-order valence-corrected chi connectivity index (χ2v) is 11.8. The fourth-order valence-electron chi connectivity index (χ4n) is 1.62. The van der Waals surface area contributed by atoms with Gasteiger partial charge >= 0.3 is 5.97 Å². The first kappa shape index (κ1) is 17.6. The Kier molecular flexibility index (Phi) is 6.84. The monoisotopic (exact) mass is 310 g/mol. The molecular weight excluding hydrogens is 284 g/mol. The molecule has 0 amide bonds. The fraction of sp³-hybridized carbons (Fsp3) is 0.600. The molecule has 0 spiro atoms. The van der Waals surface area contributed by atoms with Crippen LogP contribution in [0.4, 0.5) is 0 Å². The van der Waals surface area contributed by atoms with Crippen molar-refractivity contribution in [1.82, 2.24) is 9.55 Å². The van der Waals surface area contributed by atoms with Crippen LogP contribution in [0.1, 0.15) is 19.5 Å². The van der Waals surface area contributed by atoms with Crippen LogP contribution >= 0.6 is 0 Å². The number of aromatic nitrogens is 2. The molecule has 1 aromatic rings.